The van der Waals surface area contributed by atoms with Crippen LogP contribution in [0.2, 0.25) is 0 Å². The highest BCUT2D eigenvalue weighted by atomic mass is 19.1. The number of hydrogen-bond acceptors (Lipinski definition) is 11. The number of guanidine groups is 1. The maximum absolute atomic E-state index is 14.1. The number of carbonyl (C=O) groups excluding carboxylic acids is 6. The number of nitrogens with one attached hydrogen (secondary N) is 5. The van der Waals surface area contributed by atoms with Crippen molar-refractivity contribution in [3.8, 4) is 11.5 Å². The van der Waals surface area contributed by atoms with Crippen molar-refractivity contribution < 1.29 is 57.7 Å². The molecule has 0 spiro atoms. The highest BCUT2D eigenvalue weighted by Gasteiger charge is 2.33. The van der Waals surface area contributed by atoms with Crippen molar-refractivity contribution in [2.75, 3.05) is 13.1 Å². The molecule has 3 rings (SSSR count). The molecular formula is C39H48F2N10O10. The lowest BCUT2D eigenvalue weighted by Gasteiger charge is -2.27. The second-order valence-corrected chi connectivity index (χ2v) is 13.8. The van der Waals surface area contributed by atoms with Gasteiger partial charge >= 0.3 is 5.97 Å². The lowest BCUT2D eigenvalue weighted by molar-refractivity contribution is -0.141. The van der Waals surface area contributed by atoms with Gasteiger partial charge in [-0.15, -0.1) is 0 Å². The van der Waals surface area contributed by atoms with Gasteiger partial charge in [-0.25, -0.2) is 8.78 Å². The Kier molecular flexibility index (Phi) is 18.3. The van der Waals surface area contributed by atoms with Crippen LogP contribution in [0.15, 0.2) is 71.7 Å². The summed E-state index contributed by atoms with van der Waals surface area (Å²) in [6.45, 7) is -0.598. The van der Waals surface area contributed by atoms with Crippen molar-refractivity contribution in [2.24, 2.45) is 27.9 Å². The molecule has 16 N–H and O–H groups in total. The Morgan fingerprint density at radius 3 is 1.59 bits per heavy atom. The lowest BCUT2D eigenvalue weighted by Crippen LogP contribution is -2.59. The molecule has 0 fully saturated rings. The molecule has 0 saturated heterocycles. The van der Waals surface area contributed by atoms with Crippen LogP contribution in [0.3, 0.4) is 0 Å². The van der Waals surface area contributed by atoms with Gasteiger partial charge in [0.15, 0.2) is 17.5 Å². The average Bonchev–Trinajstić information content (AvgIpc) is 3.19. The molecule has 3 aromatic rings. The molecule has 5 atom stereocenters. The molecule has 328 valence electrons. The van der Waals surface area contributed by atoms with E-state index in [9.17, 15) is 57.7 Å². The van der Waals surface area contributed by atoms with Crippen molar-refractivity contribution >= 4 is 47.4 Å². The summed E-state index contributed by atoms with van der Waals surface area (Å²) < 4.78 is 27.5. The molecule has 0 heterocycles. The van der Waals surface area contributed by atoms with Crippen LogP contribution < -0.4 is 49.5 Å². The molecule has 22 heteroatoms. The van der Waals surface area contributed by atoms with Gasteiger partial charge in [-0.3, -0.25) is 38.6 Å². The largest absolute Gasteiger partial charge is 0.504 e. The zero-order valence-electron chi connectivity index (χ0n) is 32.6. The van der Waals surface area contributed by atoms with Crippen LogP contribution in [0.4, 0.5) is 8.78 Å². The van der Waals surface area contributed by atoms with Crippen LogP contribution in [0.5, 0.6) is 11.5 Å². The molecule has 0 aliphatic rings. The fraction of sp³-hybridized carbons (Fsp3) is 0.333. The third-order valence-electron chi connectivity index (χ3n) is 8.83. The smallest absolute Gasteiger partial charge is 0.305 e. The quantitative estimate of drug-likeness (QED) is 0.0209. The van der Waals surface area contributed by atoms with Gasteiger partial charge in [0.2, 0.25) is 35.4 Å². The number of nitrogens with zero attached hydrogens (tertiary/aromatic N) is 1. The number of benzene rings is 3. The van der Waals surface area contributed by atoms with Gasteiger partial charge in [0.05, 0.1) is 19.0 Å². The number of phenols is 2. The summed E-state index contributed by atoms with van der Waals surface area (Å²) >= 11 is 0. The maximum Gasteiger partial charge on any atom is 0.305 e. The normalized spacial score (nSPS) is 13.2. The monoisotopic (exact) mass is 854 g/mol. The molecule has 0 radical (unpaired) electrons. The van der Waals surface area contributed by atoms with Gasteiger partial charge in [-0.05, 0) is 72.4 Å². The molecule has 0 aliphatic carbocycles. The number of primary amides is 1. The van der Waals surface area contributed by atoms with Crippen molar-refractivity contribution in [1.82, 2.24) is 26.6 Å². The van der Waals surface area contributed by atoms with E-state index >= 15 is 0 Å². The molecule has 5 unspecified atom stereocenters. The number of aromatic hydroxyl groups is 2. The van der Waals surface area contributed by atoms with Crippen LogP contribution in [-0.2, 0) is 52.8 Å². The standard InChI is InChI=1S/C39H48F2N10O10/c40-23-8-3-20(4-9-23)15-27(35(58)47-19-32(43)54)50-36(59)26(2-1-13-46-39(44)45)48-37(60)28(16-21-5-10-24(41)11-6-21)51-38(61)29(18-33(55)56)49-34(57)25(42)14-22-7-12-30(52)31(53)17-22/h3-12,17,25-29,52-53H,1-2,13-16,18-19,42H2,(H2,43,54)(H,47,58)(H,48,60)(H,49,57)(H,50,59)(H,51,61)(H,55,56)(H4,44,45,46). The van der Waals surface area contributed by atoms with Crippen molar-refractivity contribution in [3.63, 3.8) is 0 Å². The second kappa shape index (κ2) is 23.3. The first-order valence-corrected chi connectivity index (χ1v) is 18.6. The zero-order valence-corrected chi connectivity index (χ0v) is 32.6. The summed E-state index contributed by atoms with van der Waals surface area (Å²) in [5, 5.41) is 40.9. The Bertz CT molecular complexity index is 2070. The highest BCUT2D eigenvalue weighted by Crippen LogP contribution is 2.25. The Hall–Kier alpha value is -7.36. The first-order chi connectivity index (χ1) is 28.8. The SMILES string of the molecule is NC(=O)CNC(=O)C(Cc1ccc(F)cc1)NC(=O)C(CCCN=C(N)N)NC(=O)C(Cc1ccc(F)cc1)NC(=O)C(CC(=O)O)NC(=O)C(N)Cc1ccc(O)c(O)c1. The van der Waals surface area contributed by atoms with Crippen LogP contribution in [0.25, 0.3) is 0 Å². The summed E-state index contributed by atoms with van der Waals surface area (Å²) in [5.41, 5.74) is 23.1. The van der Waals surface area contributed by atoms with Gasteiger partial charge in [0, 0.05) is 19.4 Å². The molecule has 0 aromatic heterocycles. The highest BCUT2D eigenvalue weighted by molar-refractivity contribution is 5.97. The number of carboxylic acid groups (broad SMARTS) is 1. The van der Waals surface area contributed by atoms with E-state index in [0.717, 1.165) is 36.4 Å². The third-order valence-corrected chi connectivity index (χ3v) is 8.83. The van der Waals surface area contributed by atoms with Gasteiger partial charge < -0.3 is 64.8 Å². The number of carbonyl (C=O) groups is 7. The van der Waals surface area contributed by atoms with Crippen LogP contribution in [0.1, 0.15) is 36.0 Å². The van der Waals surface area contributed by atoms with E-state index in [4.69, 9.17) is 22.9 Å². The van der Waals surface area contributed by atoms with E-state index in [1.54, 1.807) is 0 Å². The van der Waals surface area contributed by atoms with Gasteiger partial charge in [0.1, 0.15) is 35.8 Å². The first-order valence-electron chi connectivity index (χ1n) is 18.6. The van der Waals surface area contributed by atoms with E-state index in [1.807, 2.05) is 0 Å². The molecule has 0 aliphatic heterocycles. The first kappa shape index (κ1) is 48.0. The van der Waals surface area contributed by atoms with E-state index in [2.05, 4.69) is 31.6 Å². The van der Waals surface area contributed by atoms with Gasteiger partial charge in [-0.1, -0.05) is 30.3 Å². The average molecular weight is 855 g/mol. The fourth-order valence-electron chi connectivity index (χ4n) is 5.72. The van der Waals surface area contributed by atoms with Crippen LogP contribution in [0, 0.1) is 11.6 Å². The van der Waals surface area contributed by atoms with Crippen molar-refractivity contribution in [3.05, 3.63) is 95.1 Å². The number of halogens is 2. The number of aliphatic carboxylic acids is 1. The number of nitrogens with two attached hydrogens (primary N) is 4. The number of carboxylic acids is 1. The summed E-state index contributed by atoms with van der Waals surface area (Å²) in [4.78, 5) is 95.0. The Morgan fingerprint density at radius 2 is 1.08 bits per heavy atom. The predicted molar refractivity (Wildman–Crippen MR) is 214 cm³/mol. The molecule has 3 aromatic carbocycles. The summed E-state index contributed by atoms with van der Waals surface area (Å²) in [5.74, 6) is -9.71. The second-order valence-electron chi connectivity index (χ2n) is 13.8. The van der Waals surface area contributed by atoms with E-state index in [1.165, 1.54) is 30.3 Å². The summed E-state index contributed by atoms with van der Waals surface area (Å²) in [7, 11) is 0. The molecule has 0 saturated carbocycles. The number of aliphatic imine (C=N–C) groups is 1. The minimum absolute atomic E-state index is 0.0115. The molecule has 20 nitrogen and oxygen atoms in total. The topological polar surface area (TPSA) is 357 Å². The lowest BCUT2D eigenvalue weighted by atomic mass is 10.0. The fourth-order valence-corrected chi connectivity index (χ4v) is 5.72. The minimum atomic E-state index is -1.81. The Labute approximate surface area is 347 Å². The van der Waals surface area contributed by atoms with E-state index in [-0.39, 0.29) is 44.6 Å². The van der Waals surface area contributed by atoms with E-state index in [0.29, 0.717) is 16.7 Å². The summed E-state index contributed by atoms with van der Waals surface area (Å²) in [6, 6.07) is 5.79. The van der Waals surface area contributed by atoms with Crippen molar-refractivity contribution in [2.45, 2.75) is 68.7 Å². The van der Waals surface area contributed by atoms with Gasteiger partial charge in [-0.2, -0.15) is 0 Å². The van der Waals surface area contributed by atoms with Crippen LogP contribution in [-0.4, -0.2) is 106 Å². The number of hydrogen-bond donors (Lipinski definition) is 12. The number of phenolic OH excluding ortho intramolecular Hbond substituents is 2. The van der Waals surface area contributed by atoms with E-state index < -0.39 is 108 Å². The number of amides is 6. The number of rotatable bonds is 23. The third kappa shape index (κ3) is 16.8. The Morgan fingerprint density at radius 1 is 0.607 bits per heavy atom. The summed E-state index contributed by atoms with van der Waals surface area (Å²) in [6.07, 6.45) is -1.81. The zero-order chi connectivity index (χ0) is 45.2. The van der Waals surface area contributed by atoms with Crippen LogP contribution >= 0.6 is 0 Å². The minimum Gasteiger partial charge on any atom is -0.504 e. The predicted octanol–water partition coefficient (Wildman–Crippen LogP) is -2.20. The molecule has 61 heavy (non-hydrogen) atoms. The van der Waals surface area contributed by atoms with Gasteiger partial charge in [0.25, 0.3) is 0 Å². The Balaban J connectivity index is 1.91. The molecular weight excluding hydrogens is 806 g/mol. The molecule has 0 bridgehead atoms. The maximum atomic E-state index is 14.1. The van der Waals surface area contributed by atoms with Crippen molar-refractivity contribution in [1.29, 1.82) is 0 Å². The molecule has 6 amide bonds.